The Bertz CT molecular complexity index is 723. The number of carbonyl (C=O) groups is 1. The molecule has 0 atom stereocenters. The summed E-state index contributed by atoms with van der Waals surface area (Å²) in [5, 5.41) is 12.0. The highest BCUT2D eigenvalue weighted by Gasteiger charge is 2.28. The van der Waals surface area contributed by atoms with Crippen LogP contribution in [-0.4, -0.2) is 32.2 Å². The molecule has 23 heavy (non-hydrogen) atoms. The van der Waals surface area contributed by atoms with Crippen LogP contribution in [0.5, 0.6) is 0 Å². The summed E-state index contributed by atoms with van der Waals surface area (Å²) >= 11 is 6.08. The lowest BCUT2D eigenvalue weighted by molar-refractivity contribution is 0.0969. The number of tetrazole rings is 1. The van der Waals surface area contributed by atoms with Gasteiger partial charge in [0.05, 0.1) is 16.2 Å². The molecule has 0 N–H and O–H groups in total. The quantitative estimate of drug-likeness (QED) is 0.860. The molecular formula is C15H19ClFN5O. The highest BCUT2D eigenvalue weighted by Crippen LogP contribution is 2.29. The number of hydrogen-bond donors (Lipinski definition) is 0. The number of benzene rings is 1. The van der Waals surface area contributed by atoms with Crippen LogP contribution in [0.4, 0.5) is 10.1 Å². The minimum absolute atomic E-state index is 0.0333. The normalized spacial score (nSPS) is 11.8. The van der Waals surface area contributed by atoms with E-state index < -0.39 is 11.7 Å². The molecule has 8 heteroatoms. The van der Waals surface area contributed by atoms with Crippen molar-refractivity contribution in [2.24, 2.45) is 0 Å². The van der Waals surface area contributed by atoms with Crippen molar-refractivity contribution in [1.29, 1.82) is 0 Å². The van der Waals surface area contributed by atoms with E-state index in [0.29, 0.717) is 5.69 Å². The van der Waals surface area contributed by atoms with Crippen molar-refractivity contribution in [3.63, 3.8) is 0 Å². The van der Waals surface area contributed by atoms with E-state index >= 15 is 0 Å². The van der Waals surface area contributed by atoms with E-state index in [4.69, 9.17) is 11.6 Å². The van der Waals surface area contributed by atoms with Crippen LogP contribution in [0.2, 0.25) is 5.02 Å². The zero-order valence-electron chi connectivity index (χ0n) is 13.7. The third-order valence-electron chi connectivity index (χ3n) is 3.11. The van der Waals surface area contributed by atoms with Crippen molar-refractivity contribution in [2.45, 2.75) is 46.2 Å². The molecule has 2 aromatic rings. The Kier molecular flexibility index (Phi) is 4.70. The van der Waals surface area contributed by atoms with Gasteiger partial charge in [0.2, 0.25) is 0 Å². The summed E-state index contributed by atoms with van der Waals surface area (Å²) in [6.45, 7) is 9.36. The lowest BCUT2D eigenvalue weighted by Gasteiger charge is -2.26. The van der Waals surface area contributed by atoms with Crippen molar-refractivity contribution in [2.75, 3.05) is 4.90 Å². The average molecular weight is 340 g/mol. The zero-order chi connectivity index (χ0) is 17.4. The van der Waals surface area contributed by atoms with E-state index in [9.17, 15) is 9.18 Å². The smallest absolute Gasteiger partial charge is 0.300 e. The number of aromatic nitrogens is 4. The van der Waals surface area contributed by atoms with Crippen molar-refractivity contribution < 1.29 is 9.18 Å². The molecule has 0 radical (unpaired) electrons. The molecule has 1 aromatic heterocycles. The van der Waals surface area contributed by atoms with E-state index in [0.717, 1.165) is 0 Å². The standard InChI is InChI=1S/C15H19ClFN5O/c1-9(2)21(12-7-6-10(17)8-11(12)16)14(23)13-18-20-22(19-13)15(3,4)5/h6-9H,1-5H3. The number of carbonyl (C=O) groups excluding carboxylic acids is 1. The third kappa shape index (κ3) is 3.67. The fraction of sp³-hybridized carbons (Fsp3) is 0.467. The summed E-state index contributed by atoms with van der Waals surface area (Å²) < 4.78 is 13.2. The Morgan fingerprint density at radius 3 is 2.48 bits per heavy atom. The Morgan fingerprint density at radius 1 is 1.35 bits per heavy atom. The van der Waals surface area contributed by atoms with Gasteiger partial charge in [-0.15, -0.1) is 10.2 Å². The maximum Gasteiger partial charge on any atom is 0.300 e. The fourth-order valence-corrected chi connectivity index (χ4v) is 2.25. The predicted octanol–water partition coefficient (Wildman–Crippen LogP) is 3.28. The Balaban J connectivity index is 2.42. The van der Waals surface area contributed by atoms with Gasteiger partial charge >= 0.3 is 0 Å². The van der Waals surface area contributed by atoms with Gasteiger partial charge in [-0.05, 0) is 58.0 Å². The first-order valence-corrected chi connectivity index (χ1v) is 7.58. The topological polar surface area (TPSA) is 63.9 Å². The van der Waals surface area contributed by atoms with Gasteiger partial charge in [-0.2, -0.15) is 4.80 Å². The molecule has 6 nitrogen and oxygen atoms in total. The van der Waals surface area contributed by atoms with Gasteiger partial charge in [-0.25, -0.2) is 4.39 Å². The number of anilines is 1. The largest absolute Gasteiger partial charge is 0.302 e. The molecule has 124 valence electrons. The molecule has 1 aromatic carbocycles. The lowest BCUT2D eigenvalue weighted by Crippen LogP contribution is -2.38. The molecule has 2 rings (SSSR count). The first-order valence-electron chi connectivity index (χ1n) is 7.20. The van der Waals surface area contributed by atoms with Gasteiger partial charge in [0, 0.05) is 6.04 Å². The molecule has 0 aliphatic heterocycles. The highest BCUT2D eigenvalue weighted by molar-refractivity contribution is 6.34. The molecule has 0 unspecified atom stereocenters. The molecule has 1 heterocycles. The van der Waals surface area contributed by atoms with Crippen molar-refractivity contribution in [3.8, 4) is 0 Å². The minimum Gasteiger partial charge on any atom is -0.302 e. The molecule has 0 aliphatic carbocycles. The van der Waals surface area contributed by atoms with E-state index in [1.165, 1.54) is 27.9 Å². The van der Waals surface area contributed by atoms with Crippen LogP contribution in [0.3, 0.4) is 0 Å². The van der Waals surface area contributed by atoms with E-state index in [2.05, 4.69) is 15.4 Å². The van der Waals surface area contributed by atoms with Gasteiger partial charge in [0.25, 0.3) is 11.7 Å². The Hall–Kier alpha value is -2.02. The molecule has 0 aliphatic rings. The minimum atomic E-state index is -0.466. The summed E-state index contributed by atoms with van der Waals surface area (Å²) in [5.41, 5.74) is 0.0157. The van der Waals surface area contributed by atoms with Crippen molar-refractivity contribution >= 4 is 23.2 Å². The molecule has 0 saturated heterocycles. The van der Waals surface area contributed by atoms with Crippen molar-refractivity contribution in [3.05, 3.63) is 34.9 Å². The maximum absolute atomic E-state index is 13.2. The van der Waals surface area contributed by atoms with Crippen molar-refractivity contribution in [1.82, 2.24) is 20.2 Å². The number of halogens is 2. The number of hydrogen-bond acceptors (Lipinski definition) is 4. The van der Waals surface area contributed by atoms with Crippen LogP contribution in [0.1, 0.15) is 45.2 Å². The van der Waals surface area contributed by atoms with Gasteiger partial charge in [0.1, 0.15) is 5.82 Å². The second-order valence-electron chi connectivity index (χ2n) is 6.44. The van der Waals surface area contributed by atoms with Gasteiger partial charge in [-0.1, -0.05) is 11.6 Å². The predicted molar refractivity (Wildman–Crippen MR) is 86.2 cm³/mol. The molecular weight excluding hydrogens is 321 g/mol. The second kappa shape index (κ2) is 6.23. The van der Waals surface area contributed by atoms with Crippen LogP contribution in [-0.2, 0) is 5.54 Å². The van der Waals surface area contributed by atoms with Gasteiger partial charge in [-0.3, -0.25) is 4.79 Å². The Morgan fingerprint density at radius 2 is 2.00 bits per heavy atom. The summed E-state index contributed by atoms with van der Waals surface area (Å²) in [6.07, 6.45) is 0. The SMILES string of the molecule is CC(C)N(C(=O)c1nnn(C(C)(C)C)n1)c1ccc(F)cc1Cl. The van der Waals surface area contributed by atoms with Crippen LogP contribution < -0.4 is 4.90 Å². The zero-order valence-corrected chi connectivity index (χ0v) is 14.5. The lowest BCUT2D eigenvalue weighted by atomic mass is 10.1. The maximum atomic E-state index is 13.2. The summed E-state index contributed by atoms with van der Waals surface area (Å²) in [6, 6.07) is 3.67. The first kappa shape index (κ1) is 17.3. The van der Waals surface area contributed by atoms with E-state index in [1.54, 1.807) is 0 Å². The number of rotatable bonds is 3. The summed E-state index contributed by atoms with van der Waals surface area (Å²) in [5.74, 6) is -0.940. The molecule has 0 fully saturated rings. The van der Waals surface area contributed by atoms with E-state index in [1.807, 2.05) is 34.6 Å². The second-order valence-corrected chi connectivity index (χ2v) is 6.85. The Labute approximate surface area is 139 Å². The van der Waals surface area contributed by atoms with Crippen LogP contribution >= 0.6 is 11.6 Å². The van der Waals surface area contributed by atoms with E-state index in [-0.39, 0.29) is 22.4 Å². The molecule has 1 amide bonds. The van der Waals surface area contributed by atoms with Gasteiger partial charge < -0.3 is 4.90 Å². The highest BCUT2D eigenvalue weighted by atomic mass is 35.5. The monoisotopic (exact) mass is 339 g/mol. The van der Waals surface area contributed by atoms with Crippen LogP contribution in [0, 0.1) is 5.82 Å². The van der Waals surface area contributed by atoms with Crippen LogP contribution in [0.15, 0.2) is 18.2 Å². The fourth-order valence-electron chi connectivity index (χ4n) is 1.99. The van der Waals surface area contributed by atoms with Gasteiger partial charge in [0.15, 0.2) is 0 Å². The summed E-state index contributed by atoms with van der Waals surface area (Å²) in [4.78, 5) is 15.6. The summed E-state index contributed by atoms with van der Waals surface area (Å²) in [7, 11) is 0. The molecule has 0 bridgehead atoms. The number of nitrogens with zero attached hydrogens (tertiary/aromatic N) is 5. The molecule has 0 saturated carbocycles. The molecule has 0 spiro atoms. The third-order valence-corrected chi connectivity index (χ3v) is 3.41. The first-order chi connectivity index (χ1) is 10.6. The van der Waals surface area contributed by atoms with Crippen LogP contribution in [0.25, 0.3) is 0 Å². The average Bonchev–Trinajstić information content (AvgIpc) is 2.90. The number of amides is 1.